The Morgan fingerprint density at radius 3 is 0.868 bits per heavy atom. The molecule has 0 aromatic carbocycles. The van der Waals surface area contributed by atoms with E-state index in [2.05, 4.69) is 161 Å². The molecular weight excluding hydrogens is 1380 g/mol. The minimum absolute atomic E-state index is 0.0725. The fraction of sp³-hybridized carbons (Fsp3) is 0.655. The molecule has 0 aliphatic rings. The standard InChI is InChI=1S/C87H144O17P2/c1-5-9-13-17-21-25-29-33-37-39-40-42-46-48-52-56-60-64-68-72-85(90)98-78-83(104-87(92)74-70-66-62-58-54-50-44-36-32-28-24-20-16-12-8-4)80-102-106(95,96)100-76-81(88)75-99-105(93,94)101-79-82(103-86(91)73-69-65-61-57-53-49-43-35-31-27-23-19-15-11-7-3)77-97-84(89)71-67-63-59-55-51-47-45-41-38-34-30-26-22-18-14-10-6-2/h10,12,14,16,21-22,24-26,28,33-38,40,42-45,47,54,58,66,70,81-83,88H,5-9,11,13,15,17-20,23,27,29-32,39,41,46,48-53,55-57,59-65,67-69,71-80H2,1-4H3,(H,93,94)(H,95,96)/b14-10-,16-12-,25-21-,26-22-,28-24-,37-33-,38-34-,42-40-,43-35-,44-36-,47-45-,58-54-,70-66-. The van der Waals surface area contributed by atoms with E-state index < -0.39 is 97.5 Å². The highest BCUT2D eigenvalue weighted by atomic mass is 31.2. The Morgan fingerprint density at radius 1 is 0.283 bits per heavy atom. The summed E-state index contributed by atoms with van der Waals surface area (Å²) in [4.78, 5) is 73.0. The van der Waals surface area contributed by atoms with Crippen molar-refractivity contribution in [2.75, 3.05) is 39.6 Å². The van der Waals surface area contributed by atoms with Crippen LogP contribution in [0.3, 0.4) is 0 Å². The number of hydrogen-bond acceptors (Lipinski definition) is 15. The third-order valence-corrected chi connectivity index (χ3v) is 18.4. The summed E-state index contributed by atoms with van der Waals surface area (Å²) in [5.74, 6) is -2.38. The van der Waals surface area contributed by atoms with Gasteiger partial charge < -0.3 is 33.8 Å². The number of carbonyl (C=O) groups is 4. The van der Waals surface area contributed by atoms with Crippen molar-refractivity contribution in [2.45, 2.75) is 329 Å². The Hall–Kier alpha value is -5.32. The zero-order valence-corrected chi connectivity index (χ0v) is 67.8. The second-order valence-corrected chi connectivity index (χ2v) is 29.5. The number of aliphatic hydroxyl groups is 1. The molecule has 17 nitrogen and oxygen atoms in total. The van der Waals surface area contributed by atoms with Gasteiger partial charge in [0.1, 0.15) is 19.3 Å². The van der Waals surface area contributed by atoms with E-state index in [9.17, 15) is 43.2 Å². The van der Waals surface area contributed by atoms with Gasteiger partial charge in [-0.2, -0.15) is 0 Å². The Bertz CT molecular complexity index is 2630. The van der Waals surface area contributed by atoms with Gasteiger partial charge in [0, 0.05) is 19.3 Å². The van der Waals surface area contributed by atoms with Gasteiger partial charge in [-0.25, -0.2) is 9.13 Å². The molecule has 5 unspecified atom stereocenters. The first-order chi connectivity index (χ1) is 51.7. The quantitative estimate of drug-likeness (QED) is 0.0169. The molecule has 0 rings (SSSR count). The van der Waals surface area contributed by atoms with Crippen molar-refractivity contribution in [1.82, 2.24) is 0 Å². The fourth-order valence-electron chi connectivity index (χ4n) is 10.3. The van der Waals surface area contributed by atoms with Crippen LogP contribution in [0.25, 0.3) is 0 Å². The van der Waals surface area contributed by atoms with Gasteiger partial charge in [0.2, 0.25) is 0 Å². The Balaban J connectivity index is 5.47. The zero-order valence-electron chi connectivity index (χ0n) is 66.1. The number of ether oxygens (including phenoxy) is 4. The van der Waals surface area contributed by atoms with Gasteiger partial charge in [0.05, 0.1) is 32.8 Å². The molecule has 0 amide bonds. The van der Waals surface area contributed by atoms with Crippen LogP contribution in [0.5, 0.6) is 0 Å². The van der Waals surface area contributed by atoms with Crippen LogP contribution in [-0.2, 0) is 65.4 Å². The highest BCUT2D eigenvalue weighted by Gasteiger charge is 2.30. The van der Waals surface area contributed by atoms with Crippen LogP contribution >= 0.6 is 15.6 Å². The summed E-state index contributed by atoms with van der Waals surface area (Å²) in [7, 11) is -10.0. The van der Waals surface area contributed by atoms with Crippen LogP contribution in [0.15, 0.2) is 158 Å². The molecule has 0 aliphatic heterocycles. The summed E-state index contributed by atoms with van der Waals surface area (Å²) in [6.45, 7) is 4.45. The lowest BCUT2D eigenvalue weighted by Crippen LogP contribution is -2.30. The lowest BCUT2D eigenvalue weighted by atomic mass is 10.1. The lowest BCUT2D eigenvalue weighted by molar-refractivity contribution is -0.161. The maximum Gasteiger partial charge on any atom is 0.472 e. The molecule has 3 N–H and O–H groups in total. The molecule has 0 heterocycles. The molecule has 0 aromatic rings. The number of hydrogen-bond donors (Lipinski definition) is 3. The molecule has 5 atom stereocenters. The minimum Gasteiger partial charge on any atom is -0.462 e. The Kier molecular flexibility index (Phi) is 73.9. The minimum atomic E-state index is -5.01. The number of phosphoric acid groups is 2. The van der Waals surface area contributed by atoms with Crippen molar-refractivity contribution in [3.63, 3.8) is 0 Å². The van der Waals surface area contributed by atoms with E-state index in [0.29, 0.717) is 25.7 Å². The second kappa shape index (κ2) is 77.8. The van der Waals surface area contributed by atoms with Gasteiger partial charge >= 0.3 is 39.5 Å². The predicted molar refractivity (Wildman–Crippen MR) is 436 cm³/mol. The third-order valence-electron chi connectivity index (χ3n) is 16.5. The molecule has 0 saturated heterocycles. The van der Waals surface area contributed by atoms with E-state index in [1.165, 1.54) is 57.8 Å². The topological polar surface area (TPSA) is 237 Å². The van der Waals surface area contributed by atoms with Crippen LogP contribution in [0.4, 0.5) is 0 Å². The van der Waals surface area contributed by atoms with Gasteiger partial charge in [-0.05, 0) is 154 Å². The third kappa shape index (κ3) is 76.9. The van der Waals surface area contributed by atoms with Crippen molar-refractivity contribution in [1.29, 1.82) is 0 Å². The first kappa shape index (κ1) is 101. The van der Waals surface area contributed by atoms with E-state index in [-0.39, 0.29) is 25.7 Å². The molecule has 0 bridgehead atoms. The molecule has 0 aromatic heterocycles. The highest BCUT2D eigenvalue weighted by molar-refractivity contribution is 7.47. The van der Waals surface area contributed by atoms with Crippen LogP contribution in [0.1, 0.15) is 310 Å². The van der Waals surface area contributed by atoms with Crippen molar-refractivity contribution in [3.05, 3.63) is 158 Å². The number of esters is 4. The van der Waals surface area contributed by atoms with Gasteiger partial charge in [-0.3, -0.25) is 37.3 Å². The summed E-state index contributed by atoms with van der Waals surface area (Å²) in [6.07, 6.45) is 91.0. The summed E-state index contributed by atoms with van der Waals surface area (Å²) in [5.41, 5.74) is 0. The van der Waals surface area contributed by atoms with E-state index in [0.717, 1.165) is 173 Å². The predicted octanol–water partition coefficient (Wildman–Crippen LogP) is 24.0. The maximum atomic E-state index is 13.1. The molecule has 19 heteroatoms. The number of rotatable bonds is 75. The van der Waals surface area contributed by atoms with Crippen molar-refractivity contribution < 1.29 is 80.2 Å². The van der Waals surface area contributed by atoms with Crippen LogP contribution < -0.4 is 0 Å². The van der Waals surface area contributed by atoms with E-state index in [1.54, 1.807) is 12.2 Å². The first-order valence-electron chi connectivity index (χ1n) is 40.7. The highest BCUT2D eigenvalue weighted by Crippen LogP contribution is 2.45. The lowest BCUT2D eigenvalue weighted by Gasteiger charge is -2.21. The van der Waals surface area contributed by atoms with Gasteiger partial charge in [0.25, 0.3) is 0 Å². The summed E-state index contributed by atoms with van der Waals surface area (Å²) in [5, 5.41) is 10.6. The van der Waals surface area contributed by atoms with E-state index in [1.807, 2.05) is 12.2 Å². The SMILES string of the molecule is CC/C=C\C/C=C\C/C=C\C/C=C\C/C=C\CC(=O)OC(COC(=O)CCCCCCCC/C=C\C/C=C\C/C=C\CCCCC)COP(=O)(O)OCC(O)COP(=O)(O)OCC(COC(=O)CCCCCC/C=C\C/C=C\C/C=C\C/C=C\CC)OC(=O)CCCCCCC/C=C\CCCCCCCC. The molecule has 106 heavy (non-hydrogen) atoms. The average molecular weight is 1520 g/mol. The number of phosphoric ester groups is 2. The second-order valence-electron chi connectivity index (χ2n) is 26.6. The average Bonchev–Trinajstić information content (AvgIpc) is 0.902. The zero-order chi connectivity index (χ0) is 77.4. The number of unbranched alkanes of at least 4 members (excludes halogenated alkanes) is 24. The number of allylic oxidation sites excluding steroid dienone is 25. The summed E-state index contributed by atoms with van der Waals surface area (Å²) >= 11 is 0. The maximum absolute atomic E-state index is 13.1. The normalized spacial score (nSPS) is 14.7. The largest absolute Gasteiger partial charge is 0.472 e. The van der Waals surface area contributed by atoms with Crippen molar-refractivity contribution in [2.24, 2.45) is 0 Å². The first-order valence-corrected chi connectivity index (χ1v) is 43.7. The Morgan fingerprint density at radius 2 is 0.528 bits per heavy atom. The molecule has 0 aliphatic carbocycles. The van der Waals surface area contributed by atoms with Gasteiger partial charge in [-0.15, -0.1) is 0 Å². The van der Waals surface area contributed by atoms with Crippen molar-refractivity contribution >= 4 is 39.5 Å². The smallest absolute Gasteiger partial charge is 0.462 e. The van der Waals surface area contributed by atoms with Gasteiger partial charge in [0.15, 0.2) is 12.2 Å². The Labute approximate surface area is 642 Å². The van der Waals surface area contributed by atoms with Crippen LogP contribution in [0.2, 0.25) is 0 Å². The van der Waals surface area contributed by atoms with E-state index >= 15 is 0 Å². The summed E-state index contributed by atoms with van der Waals surface area (Å²) < 4.78 is 68.5. The van der Waals surface area contributed by atoms with Crippen molar-refractivity contribution in [3.8, 4) is 0 Å². The molecule has 0 radical (unpaired) electrons. The fourth-order valence-corrected chi connectivity index (χ4v) is 11.9. The molecule has 0 fully saturated rings. The van der Waals surface area contributed by atoms with Crippen LogP contribution in [0, 0.1) is 0 Å². The van der Waals surface area contributed by atoms with E-state index in [4.69, 9.17) is 37.0 Å². The monoisotopic (exact) mass is 1520 g/mol. The number of carbonyl (C=O) groups excluding carboxylic acids is 4. The van der Waals surface area contributed by atoms with Gasteiger partial charge in [-0.1, -0.05) is 288 Å². The van der Waals surface area contributed by atoms with Crippen LogP contribution in [-0.4, -0.2) is 96.7 Å². The molecule has 0 saturated carbocycles. The summed E-state index contributed by atoms with van der Waals surface area (Å²) in [6, 6.07) is 0. The number of aliphatic hydroxyl groups excluding tert-OH is 1. The molecular formula is C87H144O17P2. The molecule has 0 spiro atoms. The molecule has 604 valence electrons.